The summed E-state index contributed by atoms with van der Waals surface area (Å²) in [4.78, 5) is 21.4. The van der Waals surface area contributed by atoms with Crippen LogP contribution in [0.5, 0.6) is 0 Å². The van der Waals surface area contributed by atoms with Gasteiger partial charge in [-0.15, -0.1) is 0 Å². The SMILES string of the molecule is CCO.CCOC(=O)Cc1cccc(C)c1.Cc1cccc(C)c1.Cc1cccc(CC(=O)O)c1.[C-]#[O+]. The monoisotopic (exact) mass is 508 g/mol. The molecule has 6 nitrogen and oxygen atoms in total. The van der Waals surface area contributed by atoms with E-state index >= 15 is 0 Å². The Morgan fingerprint density at radius 1 is 0.730 bits per heavy atom. The number of hydrogen-bond donors (Lipinski definition) is 2. The first-order chi connectivity index (χ1) is 17.6. The molecular formula is C31H40O6. The van der Waals surface area contributed by atoms with Crippen molar-refractivity contribution in [2.24, 2.45) is 0 Å². The van der Waals surface area contributed by atoms with Crippen molar-refractivity contribution < 1.29 is 29.2 Å². The van der Waals surface area contributed by atoms with Crippen molar-refractivity contribution in [3.05, 3.63) is 113 Å². The molecule has 0 fully saturated rings. The second-order valence-electron chi connectivity index (χ2n) is 8.00. The van der Waals surface area contributed by atoms with Crippen LogP contribution in [0.1, 0.15) is 47.2 Å². The Balaban J connectivity index is 0. The summed E-state index contributed by atoms with van der Waals surface area (Å²) in [6, 6.07) is 23.9. The molecule has 37 heavy (non-hydrogen) atoms. The molecule has 0 aliphatic heterocycles. The summed E-state index contributed by atoms with van der Waals surface area (Å²) in [5, 5.41) is 16.0. The quantitative estimate of drug-likeness (QED) is 0.250. The number of aliphatic carboxylic acids is 1. The standard InChI is InChI=1S/C11H14O2.C9H10O2.C8H10.C2H6O.CO/c1-3-13-11(12)8-10-6-4-5-9(2)7-10;1-7-3-2-4-8(5-7)6-9(10)11;1-7-4-3-5-8(2)6-7;1-2-3;1-2/h4-7H,3,8H2,1-2H3;2-5H,6H2,1H3,(H,10,11);3-6H,1-2H3;3H,2H2,1H3;. The average Bonchev–Trinajstić information content (AvgIpc) is 2.81. The van der Waals surface area contributed by atoms with Gasteiger partial charge in [-0.05, 0) is 52.7 Å². The van der Waals surface area contributed by atoms with Gasteiger partial charge in [-0.25, -0.2) is 0 Å². The maximum atomic E-state index is 11.1. The number of aliphatic hydroxyl groups excluding tert-OH is 1. The Kier molecular flexibility index (Phi) is 21.8. The van der Waals surface area contributed by atoms with Crippen LogP contribution in [0.4, 0.5) is 0 Å². The van der Waals surface area contributed by atoms with E-state index in [2.05, 4.69) is 44.8 Å². The summed E-state index contributed by atoms with van der Waals surface area (Å²) in [5.41, 5.74) is 6.82. The second kappa shape index (κ2) is 22.7. The van der Waals surface area contributed by atoms with Gasteiger partial charge in [-0.1, -0.05) is 95.1 Å². The maximum absolute atomic E-state index is 11.1. The van der Waals surface area contributed by atoms with E-state index in [9.17, 15) is 9.59 Å². The van der Waals surface area contributed by atoms with Crippen LogP contribution in [0.15, 0.2) is 72.8 Å². The van der Waals surface area contributed by atoms with E-state index in [0.717, 1.165) is 16.7 Å². The van der Waals surface area contributed by atoms with E-state index in [1.54, 1.807) is 6.92 Å². The van der Waals surface area contributed by atoms with Crippen molar-refractivity contribution in [3.8, 4) is 0 Å². The summed E-state index contributed by atoms with van der Waals surface area (Å²) in [7, 11) is 0. The fourth-order valence-corrected chi connectivity index (χ4v) is 3.00. The zero-order valence-electron chi connectivity index (χ0n) is 22.8. The minimum absolute atomic E-state index is 0.113. The number of carboxylic acids is 1. The molecule has 3 aromatic rings. The molecule has 0 atom stereocenters. The molecule has 0 amide bonds. The van der Waals surface area contributed by atoms with Crippen LogP contribution < -0.4 is 0 Å². The number of esters is 1. The molecule has 0 unspecified atom stereocenters. The first-order valence-corrected chi connectivity index (χ1v) is 11.9. The molecule has 6 heteroatoms. The van der Waals surface area contributed by atoms with Gasteiger partial charge in [-0.2, -0.15) is 0 Å². The molecule has 3 aromatic carbocycles. The molecular weight excluding hydrogens is 468 g/mol. The van der Waals surface area contributed by atoms with Crippen molar-refractivity contribution in [3.63, 3.8) is 0 Å². The van der Waals surface area contributed by atoms with E-state index in [1.807, 2.05) is 69.3 Å². The summed E-state index contributed by atoms with van der Waals surface area (Å²) >= 11 is 0. The Morgan fingerprint density at radius 2 is 1.08 bits per heavy atom. The number of carbonyl (C=O) groups is 2. The number of aliphatic hydroxyl groups is 1. The number of aryl methyl sites for hydroxylation is 4. The van der Waals surface area contributed by atoms with Gasteiger partial charge >= 0.3 is 23.2 Å². The summed E-state index contributed by atoms with van der Waals surface area (Å²) in [6.45, 7) is 16.9. The molecule has 3 rings (SSSR count). The average molecular weight is 509 g/mol. The van der Waals surface area contributed by atoms with E-state index < -0.39 is 5.97 Å². The number of ether oxygens (including phenoxy) is 1. The molecule has 0 heterocycles. The molecule has 0 aliphatic carbocycles. The van der Waals surface area contributed by atoms with E-state index in [1.165, 1.54) is 16.7 Å². The predicted octanol–water partition coefficient (Wildman–Crippen LogP) is 5.99. The third-order valence-electron chi connectivity index (χ3n) is 4.35. The summed E-state index contributed by atoms with van der Waals surface area (Å²) < 4.78 is 12.3. The number of benzene rings is 3. The van der Waals surface area contributed by atoms with E-state index in [-0.39, 0.29) is 19.0 Å². The first-order valence-electron chi connectivity index (χ1n) is 11.9. The van der Waals surface area contributed by atoms with Gasteiger partial charge in [0, 0.05) is 6.61 Å². The normalized spacial score (nSPS) is 8.78. The van der Waals surface area contributed by atoms with E-state index in [0.29, 0.717) is 13.0 Å². The Bertz CT molecular complexity index is 1040. The van der Waals surface area contributed by atoms with Gasteiger partial charge in [0.25, 0.3) is 0 Å². The number of rotatable bonds is 5. The van der Waals surface area contributed by atoms with Crippen molar-refractivity contribution >= 4 is 11.9 Å². The molecule has 0 aromatic heterocycles. The zero-order chi connectivity index (χ0) is 28.6. The van der Waals surface area contributed by atoms with Gasteiger partial charge in [-0.3, -0.25) is 9.59 Å². The first kappa shape index (κ1) is 35.5. The van der Waals surface area contributed by atoms with E-state index in [4.69, 9.17) is 19.6 Å². The van der Waals surface area contributed by atoms with Crippen LogP contribution in [0.25, 0.3) is 0 Å². The van der Waals surface area contributed by atoms with Gasteiger partial charge < -0.3 is 14.9 Å². The van der Waals surface area contributed by atoms with Gasteiger partial charge in [0.05, 0.1) is 19.4 Å². The molecule has 0 spiro atoms. The molecule has 2 N–H and O–H groups in total. The molecule has 0 saturated carbocycles. The number of carboxylic acid groups (broad SMARTS) is 1. The van der Waals surface area contributed by atoms with Gasteiger partial charge in [0.1, 0.15) is 0 Å². The van der Waals surface area contributed by atoms with Crippen molar-refractivity contribution in [2.45, 2.75) is 54.4 Å². The molecule has 0 radical (unpaired) electrons. The molecule has 0 bridgehead atoms. The van der Waals surface area contributed by atoms with Crippen molar-refractivity contribution in [1.29, 1.82) is 0 Å². The zero-order valence-corrected chi connectivity index (χ0v) is 22.8. The molecule has 0 saturated heterocycles. The Morgan fingerprint density at radius 3 is 1.38 bits per heavy atom. The van der Waals surface area contributed by atoms with Crippen molar-refractivity contribution in [2.75, 3.05) is 13.2 Å². The van der Waals surface area contributed by atoms with Crippen molar-refractivity contribution in [1.82, 2.24) is 0 Å². The van der Waals surface area contributed by atoms with Crippen LogP contribution >= 0.6 is 0 Å². The number of carbonyl (C=O) groups excluding carboxylic acids is 1. The summed E-state index contributed by atoms with van der Waals surface area (Å²) in [6.07, 6.45) is 0.483. The third kappa shape index (κ3) is 21.3. The van der Waals surface area contributed by atoms with Crippen LogP contribution in [-0.2, 0) is 31.8 Å². The fourth-order valence-electron chi connectivity index (χ4n) is 3.00. The van der Waals surface area contributed by atoms with Gasteiger partial charge in [0.15, 0.2) is 0 Å². The third-order valence-corrected chi connectivity index (χ3v) is 4.35. The molecule has 0 aliphatic rings. The van der Waals surface area contributed by atoms with Crippen LogP contribution in [0, 0.1) is 34.3 Å². The van der Waals surface area contributed by atoms with Crippen LogP contribution in [0.3, 0.4) is 0 Å². The van der Waals surface area contributed by atoms with Crippen LogP contribution in [0.2, 0.25) is 0 Å². The Labute approximate surface area is 221 Å². The summed E-state index contributed by atoms with van der Waals surface area (Å²) in [5.74, 6) is -0.941. The predicted molar refractivity (Wildman–Crippen MR) is 147 cm³/mol. The van der Waals surface area contributed by atoms with Gasteiger partial charge in [0.2, 0.25) is 0 Å². The Hall–Kier alpha value is -3.70. The number of hydrogen-bond acceptors (Lipinski definition) is 4. The fraction of sp³-hybridized carbons (Fsp3) is 0.323. The second-order valence-corrected chi connectivity index (χ2v) is 8.00. The van der Waals surface area contributed by atoms with Crippen LogP contribution in [-0.4, -0.2) is 35.4 Å². The molecule has 200 valence electrons. The minimum atomic E-state index is -0.782. The topological polar surface area (TPSA) is 104 Å².